The highest BCUT2D eigenvalue weighted by Crippen LogP contribution is 2.65. The Kier molecular flexibility index (Phi) is 5.39. The minimum absolute atomic E-state index is 0.0128. The second-order valence-corrected chi connectivity index (χ2v) is 10.7. The van der Waals surface area contributed by atoms with Crippen LogP contribution in [0.1, 0.15) is 79.6 Å². The molecular formula is C25H36O5. The smallest absolute Gasteiger partial charge is 0.302 e. The van der Waals surface area contributed by atoms with Crippen LogP contribution in [0.25, 0.3) is 0 Å². The van der Waals surface area contributed by atoms with Crippen LogP contribution in [0.15, 0.2) is 11.6 Å². The van der Waals surface area contributed by atoms with Crippen molar-refractivity contribution in [3.63, 3.8) is 0 Å². The van der Waals surface area contributed by atoms with Crippen LogP contribution < -0.4 is 0 Å². The van der Waals surface area contributed by atoms with Gasteiger partial charge in [0.05, 0.1) is 0 Å². The van der Waals surface area contributed by atoms with Crippen molar-refractivity contribution in [2.45, 2.75) is 91.8 Å². The Morgan fingerprint density at radius 1 is 0.933 bits per heavy atom. The van der Waals surface area contributed by atoms with Gasteiger partial charge in [0.25, 0.3) is 0 Å². The second-order valence-electron chi connectivity index (χ2n) is 10.7. The van der Waals surface area contributed by atoms with Crippen molar-refractivity contribution in [1.29, 1.82) is 0 Å². The van der Waals surface area contributed by atoms with Crippen LogP contribution in [-0.2, 0) is 23.9 Å². The fourth-order valence-electron chi connectivity index (χ4n) is 7.86. The zero-order chi connectivity index (χ0) is 21.8. The van der Waals surface area contributed by atoms with E-state index in [-0.39, 0.29) is 46.8 Å². The van der Waals surface area contributed by atoms with Crippen molar-refractivity contribution in [2.24, 2.45) is 34.5 Å². The largest absolute Gasteiger partial charge is 0.463 e. The van der Waals surface area contributed by atoms with Crippen LogP contribution in [0, 0.1) is 34.5 Å². The Morgan fingerprint density at radius 2 is 1.63 bits per heavy atom. The number of allylic oxidation sites excluding steroid dienone is 2. The van der Waals surface area contributed by atoms with Gasteiger partial charge < -0.3 is 9.47 Å². The molecule has 0 N–H and O–H groups in total. The molecule has 0 heterocycles. The third-order valence-electron chi connectivity index (χ3n) is 9.11. The number of ether oxygens (including phenoxy) is 2. The van der Waals surface area contributed by atoms with E-state index in [0.29, 0.717) is 17.6 Å². The summed E-state index contributed by atoms with van der Waals surface area (Å²) < 4.78 is 11.5. The molecule has 0 radical (unpaired) electrons. The predicted octanol–water partition coefficient (Wildman–Crippen LogP) is 4.63. The van der Waals surface area contributed by atoms with E-state index in [9.17, 15) is 14.4 Å². The number of carbonyl (C=O) groups excluding carboxylic acids is 3. The molecule has 3 fully saturated rings. The SMILES string of the molecule is CC(=O)O[C@H]1CC[C@]2(C)C3=CC[C@]4(C)[C@@H](C(C)=O)CC[C@@H]4[C@H]3C[C@H](OC(C)=O)[C@H]2C1. The standard InChI is InChI=1S/C25H36O5/c1-14(26)19-6-7-20-18-13-23(30-16(3)28)22-12-17(29-15(2)27)8-10-25(22,5)21(18)9-11-24(19,20)4/h9,17-20,22-23H,6-8,10-13H2,1-5H3/t17-,18+,19+,20+,22+,23-,24+,25+/m0/s1. The molecule has 0 spiro atoms. The Balaban J connectivity index is 1.69. The maximum absolute atomic E-state index is 12.4. The van der Waals surface area contributed by atoms with Gasteiger partial charge in [-0.25, -0.2) is 0 Å². The summed E-state index contributed by atoms with van der Waals surface area (Å²) in [5, 5.41) is 0. The molecule has 5 heteroatoms. The van der Waals surface area contributed by atoms with Gasteiger partial charge >= 0.3 is 11.9 Å². The number of hydrogen-bond donors (Lipinski definition) is 0. The third kappa shape index (κ3) is 3.33. The Labute approximate surface area is 179 Å². The van der Waals surface area contributed by atoms with E-state index < -0.39 is 0 Å². The monoisotopic (exact) mass is 416 g/mol. The van der Waals surface area contributed by atoms with Gasteiger partial charge in [-0.3, -0.25) is 14.4 Å². The maximum Gasteiger partial charge on any atom is 0.302 e. The lowest BCUT2D eigenvalue weighted by molar-refractivity contribution is -0.168. The molecule has 4 rings (SSSR count). The van der Waals surface area contributed by atoms with E-state index in [4.69, 9.17) is 9.47 Å². The molecule has 0 aromatic carbocycles. The average Bonchev–Trinajstić information content (AvgIpc) is 2.99. The highest BCUT2D eigenvalue weighted by molar-refractivity contribution is 5.79. The van der Waals surface area contributed by atoms with E-state index >= 15 is 0 Å². The zero-order valence-corrected chi connectivity index (χ0v) is 19.0. The fourth-order valence-corrected chi connectivity index (χ4v) is 7.86. The minimum atomic E-state index is -0.241. The number of Topliss-reactive ketones (excluding diaryl/α,β-unsaturated/α-hetero) is 1. The summed E-state index contributed by atoms with van der Waals surface area (Å²) in [6.07, 6.45) is 8.54. The quantitative estimate of drug-likeness (QED) is 0.496. The van der Waals surface area contributed by atoms with E-state index in [2.05, 4.69) is 19.9 Å². The van der Waals surface area contributed by atoms with Gasteiger partial charge in [0.1, 0.15) is 18.0 Å². The first-order valence-electron chi connectivity index (χ1n) is 11.6. The van der Waals surface area contributed by atoms with E-state index in [0.717, 1.165) is 44.9 Å². The van der Waals surface area contributed by atoms with Crippen LogP contribution in [0.4, 0.5) is 0 Å². The van der Waals surface area contributed by atoms with Crippen LogP contribution in [-0.4, -0.2) is 29.9 Å². The molecule has 0 amide bonds. The lowest BCUT2D eigenvalue weighted by Crippen LogP contribution is -2.55. The Hall–Kier alpha value is -1.65. The summed E-state index contributed by atoms with van der Waals surface area (Å²) in [6.45, 7) is 9.33. The summed E-state index contributed by atoms with van der Waals surface area (Å²) in [7, 11) is 0. The highest BCUT2D eigenvalue weighted by Gasteiger charge is 2.60. The van der Waals surface area contributed by atoms with Gasteiger partial charge in [0.2, 0.25) is 0 Å². The molecule has 166 valence electrons. The second kappa shape index (κ2) is 7.49. The third-order valence-corrected chi connectivity index (χ3v) is 9.11. The molecule has 0 aromatic heterocycles. The molecule has 5 nitrogen and oxygen atoms in total. The summed E-state index contributed by atoms with van der Waals surface area (Å²) in [4.78, 5) is 35.9. The van der Waals surface area contributed by atoms with Gasteiger partial charge in [-0.2, -0.15) is 0 Å². The van der Waals surface area contributed by atoms with Gasteiger partial charge in [-0.15, -0.1) is 0 Å². The minimum Gasteiger partial charge on any atom is -0.463 e. The molecule has 0 aromatic rings. The number of esters is 2. The van der Waals surface area contributed by atoms with Crippen LogP contribution in [0.3, 0.4) is 0 Å². The summed E-state index contributed by atoms with van der Waals surface area (Å²) in [5.74, 6) is 0.966. The van der Waals surface area contributed by atoms with Crippen molar-refractivity contribution >= 4 is 17.7 Å². The fraction of sp³-hybridized carbons (Fsp3) is 0.800. The predicted molar refractivity (Wildman–Crippen MR) is 112 cm³/mol. The van der Waals surface area contributed by atoms with Crippen LogP contribution in [0.2, 0.25) is 0 Å². The number of ketones is 1. The molecule has 8 atom stereocenters. The first-order valence-corrected chi connectivity index (χ1v) is 11.6. The maximum atomic E-state index is 12.4. The van der Waals surface area contributed by atoms with Crippen molar-refractivity contribution in [3.8, 4) is 0 Å². The van der Waals surface area contributed by atoms with Crippen molar-refractivity contribution in [2.75, 3.05) is 0 Å². The summed E-state index contributed by atoms with van der Waals surface area (Å²) in [6, 6.07) is 0. The Bertz CT molecular complexity index is 784. The van der Waals surface area contributed by atoms with Gasteiger partial charge in [0, 0.05) is 25.7 Å². The van der Waals surface area contributed by atoms with Gasteiger partial charge in [-0.05, 0) is 74.5 Å². The molecule has 0 bridgehead atoms. The summed E-state index contributed by atoms with van der Waals surface area (Å²) >= 11 is 0. The van der Waals surface area contributed by atoms with Crippen LogP contribution >= 0.6 is 0 Å². The number of hydrogen-bond acceptors (Lipinski definition) is 5. The zero-order valence-electron chi connectivity index (χ0n) is 19.0. The molecule has 4 aliphatic rings. The van der Waals surface area contributed by atoms with Crippen molar-refractivity contribution in [1.82, 2.24) is 0 Å². The molecule has 30 heavy (non-hydrogen) atoms. The number of carbonyl (C=O) groups is 3. The van der Waals surface area contributed by atoms with E-state index in [1.54, 1.807) is 6.92 Å². The Morgan fingerprint density at radius 3 is 2.27 bits per heavy atom. The van der Waals surface area contributed by atoms with Crippen molar-refractivity contribution in [3.05, 3.63) is 11.6 Å². The normalized spacial score (nSPS) is 44.8. The lowest BCUT2D eigenvalue weighted by Gasteiger charge is -2.58. The van der Waals surface area contributed by atoms with E-state index in [1.807, 2.05) is 0 Å². The molecule has 4 aliphatic carbocycles. The topological polar surface area (TPSA) is 69.7 Å². The average molecular weight is 417 g/mol. The number of rotatable bonds is 3. The van der Waals surface area contributed by atoms with Crippen molar-refractivity contribution < 1.29 is 23.9 Å². The first-order chi connectivity index (χ1) is 14.1. The van der Waals surface area contributed by atoms with Crippen LogP contribution in [0.5, 0.6) is 0 Å². The molecule has 0 saturated heterocycles. The lowest BCUT2D eigenvalue weighted by atomic mass is 9.48. The van der Waals surface area contributed by atoms with Gasteiger partial charge in [0.15, 0.2) is 0 Å². The van der Waals surface area contributed by atoms with E-state index in [1.165, 1.54) is 19.4 Å². The molecule has 0 unspecified atom stereocenters. The highest BCUT2D eigenvalue weighted by atomic mass is 16.5. The number of fused-ring (bicyclic) bond motifs is 5. The first kappa shape index (κ1) is 21.6. The molecular weight excluding hydrogens is 380 g/mol. The van der Waals surface area contributed by atoms with Gasteiger partial charge in [-0.1, -0.05) is 25.5 Å². The molecule has 0 aliphatic heterocycles. The summed E-state index contributed by atoms with van der Waals surface area (Å²) in [5.41, 5.74) is 1.48. The molecule has 3 saturated carbocycles.